The molecule has 2 rings (SSSR count). The van der Waals surface area contributed by atoms with E-state index in [1.807, 2.05) is 13.2 Å². The first-order valence-electron chi connectivity index (χ1n) is 7.55. The summed E-state index contributed by atoms with van der Waals surface area (Å²) in [6, 6.07) is 4.64. The summed E-state index contributed by atoms with van der Waals surface area (Å²) in [7, 11) is 1.96. The monoisotopic (exact) mass is 276 g/mol. The van der Waals surface area contributed by atoms with Gasteiger partial charge in [0.05, 0.1) is 17.6 Å². The van der Waals surface area contributed by atoms with Gasteiger partial charge in [0.1, 0.15) is 0 Å². The van der Waals surface area contributed by atoms with Gasteiger partial charge in [-0.1, -0.05) is 0 Å². The van der Waals surface area contributed by atoms with Crippen molar-refractivity contribution in [1.82, 2.24) is 15.2 Å². The molecule has 1 aromatic rings. The highest BCUT2D eigenvalue weighted by Crippen LogP contribution is 2.21. The van der Waals surface area contributed by atoms with Crippen molar-refractivity contribution in [2.24, 2.45) is 0 Å². The van der Waals surface area contributed by atoms with Gasteiger partial charge in [-0.25, -0.2) is 0 Å². The Morgan fingerprint density at radius 2 is 1.80 bits per heavy atom. The van der Waals surface area contributed by atoms with Crippen molar-refractivity contribution < 1.29 is 0 Å². The summed E-state index contributed by atoms with van der Waals surface area (Å²) in [4.78, 5) is 9.56. The number of nitrogens with zero attached hydrogens (tertiary/aromatic N) is 3. The van der Waals surface area contributed by atoms with Crippen LogP contribution in [0.25, 0.3) is 0 Å². The van der Waals surface area contributed by atoms with Crippen LogP contribution in [0.15, 0.2) is 18.3 Å². The summed E-state index contributed by atoms with van der Waals surface area (Å²) in [6.07, 6.45) is 2.01. The second kappa shape index (κ2) is 6.10. The van der Waals surface area contributed by atoms with Crippen molar-refractivity contribution in [2.45, 2.75) is 39.3 Å². The molecule has 1 fully saturated rings. The van der Waals surface area contributed by atoms with Gasteiger partial charge in [0.15, 0.2) is 0 Å². The van der Waals surface area contributed by atoms with Gasteiger partial charge in [0, 0.05) is 37.8 Å². The number of aromatic nitrogens is 1. The summed E-state index contributed by atoms with van der Waals surface area (Å²) in [5, 5.41) is 3.22. The highest BCUT2D eigenvalue weighted by molar-refractivity contribution is 5.45. The Morgan fingerprint density at radius 3 is 2.25 bits per heavy atom. The molecule has 112 valence electrons. The Bertz CT molecular complexity index is 413. The molecule has 1 atom stereocenters. The number of pyridine rings is 1. The molecule has 0 aromatic carbocycles. The molecule has 1 unspecified atom stereocenters. The van der Waals surface area contributed by atoms with Gasteiger partial charge in [0.25, 0.3) is 0 Å². The van der Waals surface area contributed by atoms with E-state index in [1.165, 1.54) is 5.69 Å². The lowest BCUT2D eigenvalue weighted by Gasteiger charge is -2.43. The fraction of sp³-hybridized carbons (Fsp3) is 0.688. The first kappa shape index (κ1) is 15.3. The molecular formula is C16H28N4. The standard InChI is InChI=1S/C16H28N4/c1-13(17-5)15-7-6-14(12-18-15)19-8-10-20(11-9-19)16(2,3)4/h6-7,12-13,17H,8-11H2,1-5H3. The molecule has 0 bridgehead atoms. The average Bonchev–Trinajstić information content (AvgIpc) is 2.46. The van der Waals surface area contributed by atoms with E-state index in [2.05, 4.69) is 59.9 Å². The van der Waals surface area contributed by atoms with Gasteiger partial charge in [0.2, 0.25) is 0 Å². The summed E-state index contributed by atoms with van der Waals surface area (Å²) in [5.74, 6) is 0. The second-order valence-corrected chi connectivity index (χ2v) is 6.60. The maximum absolute atomic E-state index is 4.57. The first-order valence-corrected chi connectivity index (χ1v) is 7.55. The van der Waals surface area contributed by atoms with E-state index < -0.39 is 0 Å². The number of rotatable bonds is 3. The quantitative estimate of drug-likeness (QED) is 0.918. The van der Waals surface area contributed by atoms with Crippen LogP contribution in [0, 0.1) is 0 Å². The molecule has 0 spiro atoms. The molecule has 4 heteroatoms. The lowest BCUT2D eigenvalue weighted by atomic mass is 10.0. The Balaban J connectivity index is 1.97. The number of anilines is 1. The maximum Gasteiger partial charge on any atom is 0.0571 e. The highest BCUT2D eigenvalue weighted by Gasteiger charge is 2.25. The van der Waals surface area contributed by atoms with E-state index in [4.69, 9.17) is 0 Å². The van der Waals surface area contributed by atoms with E-state index in [0.29, 0.717) is 6.04 Å². The van der Waals surface area contributed by atoms with Crippen molar-refractivity contribution in [3.63, 3.8) is 0 Å². The van der Waals surface area contributed by atoms with Crippen LogP contribution in [0.4, 0.5) is 5.69 Å². The number of nitrogens with one attached hydrogen (secondary N) is 1. The lowest BCUT2D eigenvalue weighted by Crippen LogP contribution is -2.53. The molecule has 1 aromatic heterocycles. The minimum absolute atomic E-state index is 0.274. The molecule has 0 saturated carbocycles. The van der Waals surface area contributed by atoms with Crippen LogP contribution < -0.4 is 10.2 Å². The van der Waals surface area contributed by atoms with Crippen LogP contribution in [-0.2, 0) is 0 Å². The Hall–Kier alpha value is -1.13. The summed E-state index contributed by atoms with van der Waals surface area (Å²) >= 11 is 0. The summed E-state index contributed by atoms with van der Waals surface area (Å²) < 4.78 is 0. The minimum atomic E-state index is 0.274. The van der Waals surface area contributed by atoms with Gasteiger partial charge < -0.3 is 10.2 Å². The van der Waals surface area contributed by atoms with Crippen molar-refractivity contribution in [3.05, 3.63) is 24.0 Å². The van der Waals surface area contributed by atoms with Gasteiger partial charge in [-0.3, -0.25) is 9.88 Å². The van der Waals surface area contributed by atoms with E-state index in [1.54, 1.807) is 0 Å². The van der Waals surface area contributed by atoms with Crippen LogP contribution >= 0.6 is 0 Å². The molecule has 1 aliphatic heterocycles. The molecule has 0 amide bonds. The molecular weight excluding hydrogens is 248 g/mol. The Morgan fingerprint density at radius 1 is 1.15 bits per heavy atom. The van der Waals surface area contributed by atoms with Gasteiger partial charge >= 0.3 is 0 Å². The maximum atomic E-state index is 4.57. The van der Waals surface area contributed by atoms with Crippen LogP contribution in [0.3, 0.4) is 0 Å². The molecule has 2 heterocycles. The predicted octanol–water partition coefficient (Wildman–Crippen LogP) is 2.28. The largest absolute Gasteiger partial charge is 0.368 e. The van der Waals surface area contributed by atoms with Crippen molar-refractivity contribution in [1.29, 1.82) is 0 Å². The molecule has 20 heavy (non-hydrogen) atoms. The Labute approximate surface area is 123 Å². The molecule has 4 nitrogen and oxygen atoms in total. The first-order chi connectivity index (χ1) is 9.41. The topological polar surface area (TPSA) is 31.4 Å². The molecule has 1 N–H and O–H groups in total. The van der Waals surface area contributed by atoms with Crippen LogP contribution in [0.2, 0.25) is 0 Å². The average molecular weight is 276 g/mol. The van der Waals surface area contributed by atoms with E-state index in [9.17, 15) is 0 Å². The Kier molecular flexibility index (Phi) is 4.66. The smallest absolute Gasteiger partial charge is 0.0571 e. The third kappa shape index (κ3) is 3.49. The van der Waals surface area contributed by atoms with Crippen LogP contribution in [-0.4, -0.2) is 48.6 Å². The minimum Gasteiger partial charge on any atom is -0.368 e. The summed E-state index contributed by atoms with van der Waals surface area (Å²) in [6.45, 7) is 13.4. The fourth-order valence-electron chi connectivity index (χ4n) is 2.62. The number of hydrogen-bond donors (Lipinski definition) is 1. The molecule has 0 aliphatic carbocycles. The SMILES string of the molecule is CNC(C)c1ccc(N2CCN(C(C)(C)C)CC2)cn1. The van der Waals surface area contributed by atoms with Crippen molar-refractivity contribution >= 4 is 5.69 Å². The zero-order valence-electron chi connectivity index (χ0n) is 13.5. The lowest BCUT2D eigenvalue weighted by molar-refractivity contribution is 0.128. The molecule has 1 saturated heterocycles. The van der Waals surface area contributed by atoms with Crippen LogP contribution in [0.1, 0.15) is 39.4 Å². The third-order valence-electron chi connectivity index (χ3n) is 4.24. The number of piperazine rings is 1. The van der Waals surface area contributed by atoms with Gasteiger partial charge in [-0.2, -0.15) is 0 Å². The van der Waals surface area contributed by atoms with Gasteiger partial charge in [-0.05, 0) is 46.9 Å². The van der Waals surface area contributed by atoms with Crippen molar-refractivity contribution in [2.75, 3.05) is 38.1 Å². The normalized spacial score (nSPS) is 19.1. The zero-order valence-corrected chi connectivity index (χ0v) is 13.5. The fourth-order valence-corrected chi connectivity index (χ4v) is 2.62. The second-order valence-electron chi connectivity index (χ2n) is 6.60. The third-order valence-corrected chi connectivity index (χ3v) is 4.24. The molecule has 1 aliphatic rings. The van der Waals surface area contributed by atoms with Crippen LogP contribution in [0.5, 0.6) is 0 Å². The van der Waals surface area contributed by atoms with E-state index >= 15 is 0 Å². The predicted molar refractivity (Wildman–Crippen MR) is 85.3 cm³/mol. The summed E-state index contributed by atoms with van der Waals surface area (Å²) in [5.41, 5.74) is 2.62. The van der Waals surface area contributed by atoms with E-state index in [0.717, 1.165) is 31.9 Å². The van der Waals surface area contributed by atoms with E-state index in [-0.39, 0.29) is 5.54 Å². The highest BCUT2D eigenvalue weighted by atomic mass is 15.3. The molecule has 0 radical (unpaired) electrons. The van der Waals surface area contributed by atoms with Crippen molar-refractivity contribution in [3.8, 4) is 0 Å². The zero-order chi connectivity index (χ0) is 14.8. The number of hydrogen-bond acceptors (Lipinski definition) is 4. The van der Waals surface area contributed by atoms with Gasteiger partial charge in [-0.15, -0.1) is 0 Å².